The molecule has 0 aliphatic rings. The molecule has 31 heavy (non-hydrogen) atoms. The van der Waals surface area contributed by atoms with Gasteiger partial charge in [-0.25, -0.2) is 8.60 Å². The largest absolute Gasteiger partial charge is 0.347 e. The van der Waals surface area contributed by atoms with Crippen molar-refractivity contribution in [2.75, 3.05) is 4.72 Å². The number of carbonyl (C=O) groups is 1. The van der Waals surface area contributed by atoms with Crippen LogP contribution < -0.4 is 10.0 Å². The number of hydrogen-bond acceptors (Lipinski definition) is 3. The van der Waals surface area contributed by atoms with Crippen molar-refractivity contribution < 1.29 is 17.9 Å². The van der Waals surface area contributed by atoms with Gasteiger partial charge in [-0.2, -0.15) is 0 Å². The van der Waals surface area contributed by atoms with Gasteiger partial charge in [-0.15, -0.1) is 0 Å². The van der Waals surface area contributed by atoms with Gasteiger partial charge in [-0.1, -0.05) is 37.3 Å². The molecule has 0 saturated heterocycles. The molecule has 0 heterocycles. The minimum atomic E-state index is -2.14. The van der Waals surface area contributed by atoms with E-state index >= 15 is 0 Å². The van der Waals surface area contributed by atoms with Crippen LogP contribution in [0.1, 0.15) is 38.3 Å². The van der Waals surface area contributed by atoms with E-state index in [9.17, 15) is 13.4 Å². The number of nitrogens with zero attached hydrogens (tertiary/aromatic N) is 1. The summed E-state index contributed by atoms with van der Waals surface area (Å²) in [6.07, 6.45) is 3.27. The zero-order chi connectivity index (χ0) is 22.8. The Bertz CT molecular complexity index is 974. The molecule has 3 N–H and O–H groups in total. The Kier molecular flexibility index (Phi) is 9.55. The Morgan fingerprint density at radius 3 is 2.52 bits per heavy atom. The van der Waals surface area contributed by atoms with Gasteiger partial charge >= 0.3 is 0 Å². The fourth-order valence-corrected chi connectivity index (χ4v) is 3.42. The molecule has 0 bridgehead atoms. The number of anilines is 1. The van der Waals surface area contributed by atoms with Gasteiger partial charge in [0.1, 0.15) is 5.82 Å². The first-order chi connectivity index (χ1) is 14.8. The molecule has 0 aromatic heterocycles. The molecule has 0 spiro atoms. The van der Waals surface area contributed by atoms with Crippen LogP contribution in [0.4, 0.5) is 10.1 Å². The minimum absolute atomic E-state index is 0.0664. The number of rotatable bonds is 10. The van der Waals surface area contributed by atoms with Crippen molar-refractivity contribution in [3.8, 4) is 0 Å². The fraction of sp³-hybridized carbons (Fsp3) is 0.304. The molecule has 2 aromatic carbocycles. The van der Waals surface area contributed by atoms with Gasteiger partial charge in [0, 0.05) is 17.1 Å². The molecule has 8 heteroatoms. The second kappa shape index (κ2) is 12.1. The third-order valence-corrected chi connectivity index (χ3v) is 5.12. The average Bonchev–Trinajstić information content (AvgIpc) is 2.72. The fourth-order valence-electron chi connectivity index (χ4n) is 3.08. The van der Waals surface area contributed by atoms with E-state index < -0.39 is 11.3 Å². The Labute approximate surface area is 185 Å². The predicted molar refractivity (Wildman–Crippen MR) is 124 cm³/mol. The van der Waals surface area contributed by atoms with Crippen LogP contribution in [-0.4, -0.2) is 26.4 Å². The number of amides is 1. The van der Waals surface area contributed by atoms with Gasteiger partial charge in [-0.3, -0.25) is 19.1 Å². The molecule has 6 nitrogen and oxygen atoms in total. The van der Waals surface area contributed by atoms with E-state index in [0.29, 0.717) is 17.7 Å². The Balaban J connectivity index is 2.19. The van der Waals surface area contributed by atoms with Crippen LogP contribution in [0.25, 0.3) is 0 Å². The maximum absolute atomic E-state index is 13.4. The van der Waals surface area contributed by atoms with Crippen molar-refractivity contribution in [1.82, 2.24) is 5.32 Å². The van der Waals surface area contributed by atoms with Crippen molar-refractivity contribution in [2.24, 2.45) is 4.99 Å². The number of halogens is 1. The first-order valence-corrected chi connectivity index (χ1v) is 11.1. The molecule has 1 unspecified atom stereocenters. The Hall–Kier alpha value is -2.84. The van der Waals surface area contributed by atoms with Crippen LogP contribution in [-0.2, 0) is 28.9 Å². The maximum Gasteiger partial charge on any atom is 0.259 e. The average molecular weight is 446 g/mol. The monoisotopic (exact) mass is 445 g/mol. The summed E-state index contributed by atoms with van der Waals surface area (Å²) in [7, 11) is 0. The lowest BCUT2D eigenvalue weighted by Crippen LogP contribution is -2.42. The van der Waals surface area contributed by atoms with Crippen LogP contribution in [0.3, 0.4) is 0 Å². The van der Waals surface area contributed by atoms with Crippen LogP contribution in [0.15, 0.2) is 65.3 Å². The van der Waals surface area contributed by atoms with Gasteiger partial charge in [-0.05, 0) is 62.1 Å². The van der Waals surface area contributed by atoms with E-state index in [-0.39, 0.29) is 24.2 Å². The molecule has 0 aliphatic heterocycles. The lowest BCUT2D eigenvalue weighted by Gasteiger charge is -2.20. The molecular formula is C23H28FN3O3S. The highest BCUT2D eigenvalue weighted by molar-refractivity contribution is 7.80. The number of benzene rings is 2. The standard InChI is InChI=1S/C23H28FN3O3S/c1-4-20(5-2)25-16(3)22(14-17-9-11-21(12-10-17)27-31(29)30)26-23(28)15-18-7-6-8-19(24)13-18/h4,6-13,22,27H,5,14-15H2,1-3H3,(H,26,28)(H,29,30)/b20-4-,25-16?/t22-/m0/s1. The Morgan fingerprint density at radius 2 is 1.94 bits per heavy atom. The summed E-state index contributed by atoms with van der Waals surface area (Å²) in [4.78, 5) is 17.3. The summed E-state index contributed by atoms with van der Waals surface area (Å²) in [6, 6.07) is 12.7. The molecule has 166 valence electrons. The molecule has 2 aromatic rings. The molecular weight excluding hydrogens is 417 g/mol. The molecule has 2 atom stereocenters. The zero-order valence-corrected chi connectivity index (χ0v) is 18.7. The summed E-state index contributed by atoms with van der Waals surface area (Å²) in [5.41, 5.74) is 3.73. The van der Waals surface area contributed by atoms with Crippen molar-refractivity contribution >= 4 is 28.6 Å². The summed E-state index contributed by atoms with van der Waals surface area (Å²) >= 11 is -2.14. The normalized spacial score (nSPS) is 14.1. The third-order valence-electron chi connectivity index (χ3n) is 4.71. The van der Waals surface area contributed by atoms with E-state index in [1.807, 2.05) is 39.0 Å². The quantitative estimate of drug-likeness (QED) is 0.373. The Morgan fingerprint density at radius 1 is 1.23 bits per heavy atom. The van der Waals surface area contributed by atoms with E-state index in [0.717, 1.165) is 23.4 Å². The van der Waals surface area contributed by atoms with E-state index in [1.54, 1.807) is 24.3 Å². The minimum Gasteiger partial charge on any atom is -0.347 e. The number of aliphatic imine (C=N–C) groups is 1. The van der Waals surface area contributed by atoms with Crippen molar-refractivity contribution in [2.45, 2.75) is 46.1 Å². The number of carbonyl (C=O) groups excluding carboxylic acids is 1. The number of hydrogen-bond donors (Lipinski definition) is 3. The van der Waals surface area contributed by atoms with E-state index in [1.165, 1.54) is 12.1 Å². The highest BCUT2D eigenvalue weighted by Gasteiger charge is 2.17. The number of nitrogens with one attached hydrogen (secondary N) is 2. The van der Waals surface area contributed by atoms with Crippen LogP contribution in [0.5, 0.6) is 0 Å². The number of allylic oxidation sites excluding steroid dienone is 2. The maximum atomic E-state index is 13.4. The molecule has 1 amide bonds. The highest BCUT2D eigenvalue weighted by atomic mass is 32.2. The lowest BCUT2D eigenvalue weighted by atomic mass is 10.0. The molecule has 0 radical (unpaired) electrons. The summed E-state index contributed by atoms with van der Waals surface area (Å²) in [6.45, 7) is 5.81. The summed E-state index contributed by atoms with van der Waals surface area (Å²) in [5, 5.41) is 3.01. The van der Waals surface area contributed by atoms with Gasteiger partial charge < -0.3 is 5.32 Å². The van der Waals surface area contributed by atoms with Gasteiger partial charge in [0.25, 0.3) is 11.3 Å². The molecule has 0 aliphatic carbocycles. The van der Waals surface area contributed by atoms with Crippen LogP contribution >= 0.6 is 0 Å². The molecule has 0 saturated carbocycles. The summed E-state index contributed by atoms with van der Waals surface area (Å²) < 4.78 is 35.7. The van der Waals surface area contributed by atoms with Crippen LogP contribution in [0, 0.1) is 5.82 Å². The van der Waals surface area contributed by atoms with Crippen molar-refractivity contribution in [3.05, 3.63) is 77.2 Å². The topological polar surface area (TPSA) is 90.8 Å². The van der Waals surface area contributed by atoms with Gasteiger partial charge in [0.2, 0.25) is 5.91 Å². The van der Waals surface area contributed by atoms with E-state index in [4.69, 9.17) is 4.55 Å². The van der Waals surface area contributed by atoms with Crippen molar-refractivity contribution in [3.63, 3.8) is 0 Å². The second-order valence-electron chi connectivity index (χ2n) is 7.07. The molecule has 0 fully saturated rings. The third kappa shape index (κ3) is 8.43. The highest BCUT2D eigenvalue weighted by Crippen LogP contribution is 2.14. The second-order valence-corrected chi connectivity index (χ2v) is 7.77. The van der Waals surface area contributed by atoms with Crippen molar-refractivity contribution in [1.29, 1.82) is 0 Å². The van der Waals surface area contributed by atoms with Crippen LogP contribution in [0.2, 0.25) is 0 Å². The SMILES string of the molecule is C/C=C(/CC)N=C(C)[C@H](Cc1ccc(NS(=O)O)cc1)NC(=O)Cc1cccc(F)c1. The zero-order valence-electron chi connectivity index (χ0n) is 17.9. The first kappa shape index (κ1) is 24.4. The van der Waals surface area contributed by atoms with Gasteiger partial charge in [0.05, 0.1) is 12.5 Å². The molecule has 2 rings (SSSR count). The lowest BCUT2D eigenvalue weighted by molar-refractivity contribution is -0.120. The van der Waals surface area contributed by atoms with Gasteiger partial charge in [0.15, 0.2) is 0 Å². The smallest absolute Gasteiger partial charge is 0.259 e. The summed E-state index contributed by atoms with van der Waals surface area (Å²) in [5.74, 6) is -0.601. The predicted octanol–water partition coefficient (Wildman–Crippen LogP) is 4.42. The first-order valence-electron chi connectivity index (χ1n) is 10.0. The van der Waals surface area contributed by atoms with E-state index in [2.05, 4.69) is 15.0 Å².